The molecule has 2 nitrogen and oxygen atoms in total. The Balaban J connectivity index is 2.06. The molecule has 1 aliphatic rings. The van der Waals surface area contributed by atoms with Crippen LogP contribution in [0.15, 0.2) is 0 Å². The zero-order chi connectivity index (χ0) is 5.82. The maximum absolute atomic E-state index is 8.30. The molecule has 0 radical (unpaired) electrons. The SMILES string of the molecule is OBOC1CCCC1. The Bertz CT molecular complexity index is 61.4. The maximum Gasteiger partial charge on any atom is 0.435 e. The highest BCUT2D eigenvalue weighted by Crippen LogP contribution is 2.19. The smallest absolute Gasteiger partial charge is 0.430 e. The second kappa shape index (κ2) is 3.10. The first kappa shape index (κ1) is 6.11. The molecule has 0 aromatic carbocycles. The Kier molecular flexibility index (Phi) is 2.37. The first-order chi connectivity index (χ1) is 3.93. The molecule has 1 saturated carbocycles. The predicted molar refractivity (Wildman–Crippen MR) is 32.7 cm³/mol. The van der Waals surface area contributed by atoms with E-state index in [4.69, 9.17) is 9.68 Å². The van der Waals surface area contributed by atoms with Gasteiger partial charge in [0, 0.05) is 6.10 Å². The fourth-order valence-corrected chi connectivity index (χ4v) is 1.16. The van der Waals surface area contributed by atoms with E-state index in [0.717, 1.165) is 12.8 Å². The van der Waals surface area contributed by atoms with Gasteiger partial charge in [0.25, 0.3) is 0 Å². The minimum Gasteiger partial charge on any atom is -0.430 e. The first-order valence-electron chi connectivity index (χ1n) is 3.16. The van der Waals surface area contributed by atoms with Crippen LogP contribution in [0.3, 0.4) is 0 Å². The Morgan fingerprint density at radius 2 is 2.00 bits per heavy atom. The fraction of sp³-hybridized carbons (Fsp3) is 1.00. The molecule has 1 aliphatic carbocycles. The lowest BCUT2D eigenvalue weighted by Gasteiger charge is -2.05. The molecule has 0 heterocycles. The largest absolute Gasteiger partial charge is 0.435 e. The molecule has 1 N–H and O–H groups in total. The number of hydrogen-bond donors (Lipinski definition) is 1. The first-order valence-corrected chi connectivity index (χ1v) is 3.16. The molecule has 0 aromatic heterocycles. The number of rotatable bonds is 2. The Labute approximate surface area is 50.2 Å². The minimum absolute atomic E-state index is 0.106. The van der Waals surface area contributed by atoms with E-state index in [-0.39, 0.29) is 7.69 Å². The van der Waals surface area contributed by atoms with Crippen molar-refractivity contribution in [2.45, 2.75) is 31.8 Å². The van der Waals surface area contributed by atoms with Crippen LogP contribution in [0.5, 0.6) is 0 Å². The normalized spacial score (nSPS) is 21.6. The van der Waals surface area contributed by atoms with Crippen LogP contribution in [0.4, 0.5) is 0 Å². The molecule has 1 fully saturated rings. The summed E-state index contributed by atoms with van der Waals surface area (Å²) in [5, 5.41) is 8.30. The van der Waals surface area contributed by atoms with Crippen LogP contribution in [0.25, 0.3) is 0 Å². The average Bonchev–Trinajstić information content (AvgIpc) is 2.19. The van der Waals surface area contributed by atoms with Crippen molar-refractivity contribution in [2.75, 3.05) is 0 Å². The van der Waals surface area contributed by atoms with Crippen molar-refractivity contribution in [3.05, 3.63) is 0 Å². The molecule has 0 bridgehead atoms. The summed E-state index contributed by atoms with van der Waals surface area (Å²) in [5.41, 5.74) is 0. The molecule has 8 heavy (non-hydrogen) atoms. The Hall–Kier alpha value is -0.0151. The highest BCUT2D eigenvalue weighted by Gasteiger charge is 2.13. The third kappa shape index (κ3) is 1.49. The molecule has 0 atom stereocenters. The molecule has 0 saturated heterocycles. The van der Waals surface area contributed by atoms with E-state index in [1.54, 1.807) is 0 Å². The topological polar surface area (TPSA) is 29.5 Å². The van der Waals surface area contributed by atoms with Gasteiger partial charge in [0.1, 0.15) is 0 Å². The molecule has 0 aliphatic heterocycles. The second-order valence-corrected chi connectivity index (χ2v) is 2.20. The molecule has 46 valence electrons. The van der Waals surface area contributed by atoms with E-state index in [9.17, 15) is 0 Å². The zero-order valence-electron chi connectivity index (χ0n) is 4.97. The fourth-order valence-electron chi connectivity index (χ4n) is 1.16. The second-order valence-electron chi connectivity index (χ2n) is 2.20. The molecular formula is C5H11BO2. The lowest BCUT2D eigenvalue weighted by Crippen LogP contribution is -2.10. The highest BCUT2D eigenvalue weighted by molar-refractivity contribution is 6.15. The summed E-state index contributed by atoms with van der Waals surface area (Å²) < 4.78 is 4.96. The molecule has 0 unspecified atom stereocenters. The maximum atomic E-state index is 8.30. The summed E-state index contributed by atoms with van der Waals surface area (Å²) >= 11 is 0. The molecule has 1 rings (SSSR count). The van der Waals surface area contributed by atoms with E-state index in [1.807, 2.05) is 0 Å². The third-order valence-corrected chi connectivity index (χ3v) is 1.61. The summed E-state index contributed by atoms with van der Waals surface area (Å²) in [6.45, 7) is 0. The zero-order valence-corrected chi connectivity index (χ0v) is 4.97. The molecular weight excluding hydrogens is 103 g/mol. The van der Waals surface area contributed by atoms with Crippen molar-refractivity contribution < 1.29 is 9.68 Å². The molecule has 0 spiro atoms. The molecule has 3 heteroatoms. The summed E-state index contributed by atoms with van der Waals surface area (Å²) in [4.78, 5) is 0. The van der Waals surface area contributed by atoms with E-state index in [2.05, 4.69) is 0 Å². The van der Waals surface area contributed by atoms with Gasteiger partial charge in [0.2, 0.25) is 0 Å². The van der Waals surface area contributed by atoms with Crippen LogP contribution in [0.2, 0.25) is 0 Å². The van der Waals surface area contributed by atoms with Crippen LogP contribution >= 0.6 is 0 Å². The van der Waals surface area contributed by atoms with Crippen LogP contribution < -0.4 is 0 Å². The van der Waals surface area contributed by atoms with Gasteiger partial charge in [-0.1, -0.05) is 12.8 Å². The molecule has 0 aromatic rings. The van der Waals surface area contributed by atoms with Gasteiger partial charge in [-0.25, -0.2) is 0 Å². The van der Waals surface area contributed by atoms with Crippen molar-refractivity contribution >= 4 is 7.69 Å². The lowest BCUT2D eigenvalue weighted by atomic mass is 10.3. The summed E-state index contributed by atoms with van der Waals surface area (Å²) in [6.07, 6.45) is 5.18. The number of hydrogen-bond acceptors (Lipinski definition) is 2. The third-order valence-electron chi connectivity index (χ3n) is 1.61. The molecule has 0 amide bonds. The summed E-state index contributed by atoms with van der Waals surface area (Å²) in [5.74, 6) is 0. The van der Waals surface area contributed by atoms with E-state index >= 15 is 0 Å². The van der Waals surface area contributed by atoms with Crippen molar-refractivity contribution in [1.29, 1.82) is 0 Å². The lowest BCUT2D eigenvalue weighted by molar-refractivity contribution is 0.190. The van der Waals surface area contributed by atoms with Crippen LogP contribution in [0.1, 0.15) is 25.7 Å². The van der Waals surface area contributed by atoms with Crippen molar-refractivity contribution in [3.63, 3.8) is 0 Å². The van der Waals surface area contributed by atoms with Gasteiger partial charge in [0.05, 0.1) is 0 Å². The van der Waals surface area contributed by atoms with Crippen molar-refractivity contribution in [3.8, 4) is 0 Å². The van der Waals surface area contributed by atoms with Gasteiger partial charge in [-0.2, -0.15) is 0 Å². The van der Waals surface area contributed by atoms with Crippen LogP contribution in [0, 0.1) is 0 Å². The quantitative estimate of drug-likeness (QED) is 0.519. The van der Waals surface area contributed by atoms with Gasteiger partial charge in [-0.3, -0.25) is 0 Å². The Morgan fingerprint density at radius 3 is 2.50 bits per heavy atom. The van der Waals surface area contributed by atoms with Crippen LogP contribution in [-0.2, 0) is 4.65 Å². The van der Waals surface area contributed by atoms with Gasteiger partial charge in [0.15, 0.2) is 0 Å². The predicted octanol–water partition coefficient (Wildman–Crippen LogP) is 0.204. The van der Waals surface area contributed by atoms with Gasteiger partial charge < -0.3 is 9.68 Å². The summed E-state index contributed by atoms with van der Waals surface area (Å²) in [7, 11) is -0.106. The van der Waals surface area contributed by atoms with Crippen LogP contribution in [-0.4, -0.2) is 18.8 Å². The van der Waals surface area contributed by atoms with E-state index < -0.39 is 0 Å². The van der Waals surface area contributed by atoms with Gasteiger partial charge in [-0.05, 0) is 12.8 Å². The van der Waals surface area contributed by atoms with E-state index in [0.29, 0.717) is 6.10 Å². The van der Waals surface area contributed by atoms with E-state index in [1.165, 1.54) is 12.8 Å². The Morgan fingerprint density at radius 1 is 1.38 bits per heavy atom. The standard InChI is InChI=1S/C5H11BO2/c7-6-8-5-3-1-2-4-5/h5-7H,1-4H2. The van der Waals surface area contributed by atoms with Gasteiger partial charge in [-0.15, -0.1) is 0 Å². The van der Waals surface area contributed by atoms with Crippen molar-refractivity contribution in [1.82, 2.24) is 0 Å². The van der Waals surface area contributed by atoms with Gasteiger partial charge >= 0.3 is 7.69 Å². The minimum atomic E-state index is -0.106. The monoisotopic (exact) mass is 114 g/mol. The van der Waals surface area contributed by atoms with Crippen molar-refractivity contribution in [2.24, 2.45) is 0 Å². The average molecular weight is 114 g/mol. The highest BCUT2D eigenvalue weighted by atomic mass is 16.5. The summed E-state index contributed by atoms with van der Waals surface area (Å²) in [6, 6.07) is 0.